The van der Waals surface area contributed by atoms with Crippen LogP contribution >= 0.6 is 0 Å². The molecule has 1 aliphatic rings. The molecule has 17 heavy (non-hydrogen) atoms. The van der Waals surface area contributed by atoms with Gasteiger partial charge in [-0.1, -0.05) is 17.7 Å². The first-order valence-corrected chi connectivity index (χ1v) is 6.03. The van der Waals surface area contributed by atoms with Gasteiger partial charge in [0.1, 0.15) is 0 Å². The van der Waals surface area contributed by atoms with Gasteiger partial charge < -0.3 is 5.32 Å². The fraction of sp³-hybridized carbons (Fsp3) is 0.462. The Hall–Kier alpha value is -1.55. The molecule has 1 aliphatic heterocycles. The van der Waals surface area contributed by atoms with Crippen LogP contribution in [0, 0.1) is 6.92 Å². The summed E-state index contributed by atoms with van der Waals surface area (Å²) in [5.74, 6) is 0. The summed E-state index contributed by atoms with van der Waals surface area (Å²) in [5, 5.41) is 6.66. The number of carbonyl (C=O) groups excluding carboxylic acids is 1. The van der Waals surface area contributed by atoms with Crippen LogP contribution < -0.4 is 5.32 Å². The lowest BCUT2D eigenvalue weighted by atomic mass is 10.2. The Kier molecular flexibility index (Phi) is 3.64. The van der Waals surface area contributed by atoms with Gasteiger partial charge in [0, 0.05) is 25.8 Å². The number of anilines is 1. The summed E-state index contributed by atoms with van der Waals surface area (Å²) in [4.78, 5) is 12.0. The highest BCUT2D eigenvalue weighted by molar-refractivity contribution is 5.89. The van der Waals surface area contributed by atoms with Crippen LogP contribution in [0.1, 0.15) is 18.4 Å². The fourth-order valence-corrected chi connectivity index (χ4v) is 1.98. The predicted octanol–water partition coefficient (Wildman–Crippen LogP) is 2.47. The molecule has 0 spiro atoms. The number of hydrogen-bond donors (Lipinski definition) is 1. The lowest BCUT2D eigenvalue weighted by Crippen LogP contribution is -2.49. The Labute approximate surface area is 102 Å². The third-order valence-electron chi connectivity index (χ3n) is 3.05. The van der Waals surface area contributed by atoms with Gasteiger partial charge in [-0.25, -0.2) is 9.80 Å². The molecular formula is C13H19N3O. The van der Waals surface area contributed by atoms with Crippen molar-refractivity contribution in [2.45, 2.75) is 19.8 Å². The standard InChI is InChI=1S/C13H19N3O/c1-11-5-7-12(8-6-11)14-13(17)16-10-4-3-9-15(16)2/h5-8H,3-4,9-10H2,1-2H3,(H,14,17). The summed E-state index contributed by atoms with van der Waals surface area (Å²) in [6.45, 7) is 3.78. The van der Waals surface area contributed by atoms with E-state index in [1.165, 1.54) is 5.56 Å². The average molecular weight is 233 g/mol. The van der Waals surface area contributed by atoms with Gasteiger partial charge in [0.2, 0.25) is 0 Å². The number of hydrogen-bond acceptors (Lipinski definition) is 2. The summed E-state index contributed by atoms with van der Waals surface area (Å²) in [7, 11) is 1.95. The molecule has 4 nitrogen and oxygen atoms in total. The molecule has 0 atom stereocenters. The number of urea groups is 1. The molecule has 2 rings (SSSR count). The van der Waals surface area contributed by atoms with E-state index >= 15 is 0 Å². The van der Waals surface area contributed by atoms with Crippen molar-refractivity contribution in [2.24, 2.45) is 0 Å². The molecule has 2 amide bonds. The van der Waals surface area contributed by atoms with E-state index in [0.717, 1.165) is 31.6 Å². The molecule has 1 aromatic carbocycles. The predicted molar refractivity (Wildman–Crippen MR) is 68.8 cm³/mol. The third kappa shape index (κ3) is 2.97. The van der Waals surface area contributed by atoms with Crippen LogP contribution in [0.3, 0.4) is 0 Å². The van der Waals surface area contributed by atoms with Crippen LogP contribution in [0.4, 0.5) is 10.5 Å². The second-order valence-electron chi connectivity index (χ2n) is 4.51. The minimum absolute atomic E-state index is 0.0453. The molecular weight excluding hydrogens is 214 g/mol. The van der Waals surface area contributed by atoms with Crippen molar-refractivity contribution in [3.8, 4) is 0 Å². The van der Waals surface area contributed by atoms with E-state index in [0.29, 0.717) is 0 Å². The molecule has 1 heterocycles. The van der Waals surface area contributed by atoms with Crippen molar-refractivity contribution in [3.63, 3.8) is 0 Å². The fourth-order valence-electron chi connectivity index (χ4n) is 1.98. The molecule has 0 aromatic heterocycles. The van der Waals surface area contributed by atoms with Gasteiger partial charge >= 0.3 is 6.03 Å². The largest absolute Gasteiger partial charge is 0.336 e. The van der Waals surface area contributed by atoms with Gasteiger partial charge in [-0.2, -0.15) is 0 Å². The molecule has 0 radical (unpaired) electrons. The first-order valence-electron chi connectivity index (χ1n) is 6.03. The normalized spacial score (nSPS) is 16.9. The second kappa shape index (κ2) is 5.19. The highest BCUT2D eigenvalue weighted by atomic mass is 16.2. The Morgan fingerprint density at radius 2 is 1.82 bits per heavy atom. The van der Waals surface area contributed by atoms with E-state index < -0.39 is 0 Å². The third-order valence-corrected chi connectivity index (χ3v) is 3.05. The summed E-state index contributed by atoms with van der Waals surface area (Å²) in [6, 6.07) is 7.80. The minimum atomic E-state index is -0.0453. The number of hydrazine groups is 1. The number of rotatable bonds is 1. The van der Waals surface area contributed by atoms with Gasteiger partial charge in [-0.05, 0) is 31.9 Å². The van der Waals surface area contributed by atoms with Gasteiger partial charge in [0.05, 0.1) is 0 Å². The lowest BCUT2D eigenvalue weighted by molar-refractivity contribution is 0.0191. The second-order valence-corrected chi connectivity index (χ2v) is 4.51. The van der Waals surface area contributed by atoms with E-state index in [-0.39, 0.29) is 6.03 Å². The van der Waals surface area contributed by atoms with Crippen LogP contribution in [0.2, 0.25) is 0 Å². The minimum Gasteiger partial charge on any atom is -0.307 e. The number of amides is 2. The Morgan fingerprint density at radius 3 is 2.47 bits per heavy atom. The van der Waals surface area contributed by atoms with Crippen molar-refractivity contribution < 1.29 is 4.79 Å². The van der Waals surface area contributed by atoms with Crippen molar-refractivity contribution in [2.75, 3.05) is 25.5 Å². The van der Waals surface area contributed by atoms with Crippen molar-refractivity contribution in [3.05, 3.63) is 29.8 Å². The molecule has 1 aromatic rings. The quantitative estimate of drug-likeness (QED) is 0.808. The molecule has 1 fully saturated rings. The summed E-state index contributed by atoms with van der Waals surface area (Å²) in [5.41, 5.74) is 2.04. The summed E-state index contributed by atoms with van der Waals surface area (Å²) < 4.78 is 0. The molecule has 0 bridgehead atoms. The number of carbonyl (C=O) groups is 1. The van der Waals surface area contributed by atoms with Crippen molar-refractivity contribution >= 4 is 11.7 Å². The number of nitrogens with zero attached hydrogens (tertiary/aromatic N) is 2. The van der Waals surface area contributed by atoms with E-state index in [1.54, 1.807) is 5.01 Å². The molecule has 1 saturated heterocycles. The van der Waals surface area contributed by atoms with Gasteiger partial charge in [0.25, 0.3) is 0 Å². The highest BCUT2D eigenvalue weighted by Gasteiger charge is 2.21. The first kappa shape index (κ1) is 11.9. The average Bonchev–Trinajstić information content (AvgIpc) is 2.32. The van der Waals surface area contributed by atoms with Crippen LogP contribution in [-0.2, 0) is 0 Å². The SMILES string of the molecule is Cc1ccc(NC(=O)N2CCCCN2C)cc1. The number of benzene rings is 1. The van der Waals surface area contributed by atoms with E-state index in [4.69, 9.17) is 0 Å². The number of nitrogens with one attached hydrogen (secondary N) is 1. The zero-order chi connectivity index (χ0) is 12.3. The highest BCUT2D eigenvalue weighted by Crippen LogP contribution is 2.13. The molecule has 0 saturated carbocycles. The molecule has 92 valence electrons. The Balaban J connectivity index is 1.98. The summed E-state index contributed by atoms with van der Waals surface area (Å²) in [6.07, 6.45) is 2.23. The van der Waals surface area contributed by atoms with Gasteiger partial charge in [-0.3, -0.25) is 5.01 Å². The Morgan fingerprint density at radius 1 is 1.18 bits per heavy atom. The Bertz CT molecular complexity index is 388. The maximum absolute atomic E-state index is 12.0. The van der Waals surface area contributed by atoms with Crippen LogP contribution in [-0.4, -0.2) is 36.2 Å². The van der Waals surface area contributed by atoms with Crippen LogP contribution in [0.25, 0.3) is 0 Å². The van der Waals surface area contributed by atoms with Gasteiger partial charge in [-0.15, -0.1) is 0 Å². The van der Waals surface area contributed by atoms with Gasteiger partial charge in [0.15, 0.2) is 0 Å². The monoisotopic (exact) mass is 233 g/mol. The summed E-state index contributed by atoms with van der Waals surface area (Å²) >= 11 is 0. The maximum Gasteiger partial charge on any atom is 0.336 e. The first-order chi connectivity index (χ1) is 8.16. The zero-order valence-electron chi connectivity index (χ0n) is 10.4. The molecule has 0 unspecified atom stereocenters. The van der Waals surface area contributed by atoms with Crippen LogP contribution in [0.15, 0.2) is 24.3 Å². The van der Waals surface area contributed by atoms with E-state index in [2.05, 4.69) is 5.32 Å². The van der Waals surface area contributed by atoms with Crippen molar-refractivity contribution in [1.29, 1.82) is 0 Å². The zero-order valence-corrected chi connectivity index (χ0v) is 10.4. The molecule has 1 N–H and O–H groups in total. The number of aryl methyl sites for hydroxylation is 1. The molecule has 4 heteroatoms. The lowest BCUT2D eigenvalue weighted by Gasteiger charge is -2.35. The van der Waals surface area contributed by atoms with Crippen LogP contribution in [0.5, 0.6) is 0 Å². The van der Waals surface area contributed by atoms with E-state index in [9.17, 15) is 4.79 Å². The smallest absolute Gasteiger partial charge is 0.307 e. The topological polar surface area (TPSA) is 35.6 Å². The van der Waals surface area contributed by atoms with Crippen molar-refractivity contribution in [1.82, 2.24) is 10.0 Å². The maximum atomic E-state index is 12.0. The molecule has 0 aliphatic carbocycles. The van der Waals surface area contributed by atoms with E-state index in [1.807, 2.05) is 43.2 Å².